The van der Waals surface area contributed by atoms with Gasteiger partial charge < -0.3 is 14.8 Å². The summed E-state index contributed by atoms with van der Waals surface area (Å²) in [6.07, 6.45) is 1.93. The predicted octanol–water partition coefficient (Wildman–Crippen LogP) is 4.85. The first kappa shape index (κ1) is 15.8. The van der Waals surface area contributed by atoms with Crippen molar-refractivity contribution in [2.24, 2.45) is 0 Å². The minimum Gasteiger partial charge on any atom is -0.454 e. The number of nitrogens with one attached hydrogen (secondary N) is 1. The molecule has 0 bridgehead atoms. The fourth-order valence-electron chi connectivity index (χ4n) is 2.21. The van der Waals surface area contributed by atoms with Crippen molar-refractivity contribution in [1.29, 1.82) is 5.26 Å². The van der Waals surface area contributed by atoms with Gasteiger partial charge in [0.25, 0.3) is 0 Å². The van der Waals surface area contributed by atoms with E-state index in [0.717, 1.165) is 20.8 Å². The monoisotopic (exact) mass is 388 g/mol. The number of para-hydroxylation sites is 1. The van der Waals surface area contributed by atoms with Crippen molar-refractivity contribution in [3.8, 4) is 17.6 Å². The molecule has 1 aliphatic rings. The normalized spacial score (nSPS) is 13.3. The molecule has 1 N–H and O–H groups in total. The van der Waals surface area contributed by atoms with E-state index in [0.29, 0.717) is 17.1 Å². The zero-order valence-electron chi connectivity index (χ0n) is 12.3. The summed E-state index contributed by atoms with van der Waals surface area (Å²) < 4.78 is 11.6. The average Bonchev–Trinajstić information content (AvgIpc) is 3.02. The summed E-state index contributed by atoms with van der Waals surface area (Å²) in [5, 5.41) is 13.8. The van der Waals surface area contributed by atoms with Crippen LogP contribution in [-0.4, -0.2) is 13.0 Å². The Morgan fingerprint density at radius 2 is 1.91 bits per heavy atom. The fraction of sp³-hybridized carbons (Fsp3) is 0.118. The Bertz CT molecular complexity index is 800. The van der Waals surface area contributed by atoms with Gasteiger partial charge in [0.1, 0.15) is 6.07 Å². The number of halogens is 1. The van der Waals surface area contributed by atoms with Crippen molar-refractivity contribution in [3.05, 3.63) is 57.5 Å². The van der Waals surface area contributed by atoms with Gasteiger partial charge in [-0.2, -0.15) is 5.26 Å². The number of allylic oxidation sites excluding steroid dienone is 1. The lowest BCUT2D eigenvalue weighted by Gasteiger charge is -2.13. The Hall–Kier alpha value is -2.10. The number of fused-ring (bicyclic) bond motifs is 1. The third-order valence-corrected chi connectivity index (χ3v) is 4.68. The number of anilines is 1. The van der Waals surface area contributed by atoms with E-state index < -0.39 is 0 Å². The highest BCUT2D eigenvalue weighted by atomic mass is 79.9. The molecule has 0 saturated heterocycles. The first-order valence-electron chi connectivity index (χ1n) is 6.83. The van der Waals surface area contributed by atoms with Gasteiger partial charge in [0.15, 0.2) is 11.5 Å². The molecule has 0 fully saturated rings. The highest BCUT2D eigenvalue weighted by molar-refractivity contribution is 9.10. The number of hydrogen-bond acceptors (Lipinski definition) is 5. The smallest absolute Gasteiger partial charge is 0.231 e. The van der Waals surface area contributed by atoms with Crippen molar-refractivity contribution in [2.45, 2.75) is 0 Å². The lowest BCUT2D eigenvalue weighted by Crippen LogP contribution is -2.00. The first-order valence-corrected chi connectivity index (χ1v) is 8.84. The Balaban J connectivity index is 2.05. The number of hydrogen-bond donors (Lipinski definition) is 1. The number of nitriles is 1. The van der Waals surface area contributed by atoms with Gasteiger partial charge in [-0.25, -0.2) is 0 Å². The van der Waals surface area contributed by atoms with Gasteiger partial charge >= 0.3 is 0 Å². The number of rotatable bonds is 4. The summed E-state index contributed by atoms with van der Waals surface area (Å²) in [6, 6.07) is 15.7. The molecular weight excluding hydrogens is 376 g/mol. The predicted molar refractivity (Wildman–Crippen MR) is 96.4 cm³/mol. The third kappa shape index (κ3) is 3.31. The van der Waals surface area contributed by atoms with E-state index in [1.54, 1.807) is 0 Å². The molecule has 2 aromatic carbocycles. The molecule has 0 aliphatic carbocycles. The molecule has 3 rings (SSSR count). The second kappa shape index (κ2) is 6.99. The van der Waals surface area contributed by atoms with Gasteiger partial charge in [-0.1, -0.05) is 18.2 Å². The molecule has 0 unspecified atom stereocenters. The lowest BCUT2D eigenvalue weighted by molar-refractivity contribution is 0.174. The molecule has 1 aliphatic heterocycles. The highest BCUT2D eigenvalue weighted by Gasteiger charge is 2.20. The summed E-state index contributed by atoms with van der Waals surface area (Å²) in [4.78, 5) is 0. The number of ether oxygens (including phenoxy) is 2. The van der Waals surface area contributed by atoms with E-state index >= 15 is 0 Å². The third-order valence-electron chi connectivity index (χ3n) is 3.31. The van der Waals surface area contributed by atoms with Crippen molar-refractivity contribution in [2.75, 3.05) is 18.4 Å². The molecule has 23 heavy (non-hydrogen) atoms. The van der Waals surface area contributed by atoms with E-state index in [2.05, 4.69) is 27.3 Å². The van der Waals surface area contributed by atoms with Crippen molar-refractivity contribution >= 4 is 39.0 Å². The maximum Gasteiger partial charge on any atom is 0.231 e. The van der Waals surface area contributed by atoms with Gasteiger partial charge in [-0.3, -0.25) is 0 Å². The highest BCUT2D eigenvalue weighted by Crippen LogP contribution is 2.40. The van der Waals surface area contributed by atoms with E-state index in [4.69, 9.17) is 9.47 Å². The van der Waals surface area contributed by atoms with Crippen LogP contribution < -0.4 is 14.8 Å². The quantitative estimate of drug-likeness (QED) is 0.758. The summed E-state index contributed by atoms with van der Waals surface area (Å²) >= 11 is 5.00. The van der Waals surface area contributed by atoms with Crippen molar-refractivity contribution in [1.82, 2.24) is 0 Å². The van der Waals surface area contributed by atoms with E-state index in [1.807, 2.05) is 48.7 Å². The van der Waals surface area contributed by atoms with Crippen molar-refractivity contribution < 1.29 is 9.47 Å². The molecule has 0 atom stereocenters. The molecular formula is C17H13BrN2O2S. The molecule has 6 heteroatoms. The topological polar surface area (TPSA) is 54.3 Å². The van der Waals surface area contributed by atoms with Gasteiger partial charge in [-0.15, -0.1) is 11.8 Å². The zero-order valence-corrected chi connectivity index (χ0v) is 14.7. The second-order valence-corrected chi connectivity index (χ2v) is 6.37. The van der Waals surface area contributed by atoms with Crippen LogP contribution >= 0.6 is 27.7 Å². The summed E-state index contributed by atoms with van der Waals surface area (Å²) in [7, 11) is 0. The number of benzene rings is 2. The van der Waals surface area contributed by atoms with Crippen LogP contribution in [-0.2, 0) is 0 Å². The van der Waals surface area contributed by atoms with Gasteiger partial charge in [-0.05, 0) is 46.5 Å². The molecule has 0 aromatic heterocycles. The number of thioether (sulfide) groups is 1. The Kier molecular flexibility index (Phi) is 4.79. The SMILES string of the molecule is CS/C(Nc1ccccc1)=C(\C#N)c1cc2c(cc1Br)OCO2. The van der Waals surface area contributed by atoms with Crippen LogP contribution in [0.4, 0.5) is 5.69 Å². The van der Waals surface area contributed by atoms with E-state index in [1.165, 1.54) is 11.8 Å². The molecule has 0 radical (unpaired) electrons. The maximum absolute atomic E-state index is 9.68. The van der Waals surface area contributed by atoms with Crippen LogP contribution in [0.3, 0.4) is 0 Å². The Morgan fingerprint density at radius 3 is 2.57 bits per heavy atom. The summed E-state index contributed by atoms with van der Waals surface area (Å²) in [5.41, 5.74) is 2.25. The Morgan fingerprint density at radius 1 is 1.22 bits per heavy atom. The van der Waals surface area contributed by atoms with Crippen LogP contribution in [0, 0.1) is 11.3 Å². The van der Waals surface area contributed by atoms with E-state index in [9.17, 15) is 5.26 Å². The lowest BCUT2D eigenvalue weighted by atomic mass is 10.1. The first-order chi connectivity index (χ1) is 11.2. The Labute approximate surface area is 147 Å². The molecule has 116 valence electrons. The minimum absolute atomic E-state index is 0.203. The van der Waals surface area contributed by atoms with Gasteiger partial charge in [0.2, 0.25) is 6.79 Å². The second-order valence-electron chi connectivity index (χ2n) is 4.70. The van der Waals surface area contributed by atoms with Crippen LogP contribution in [0.2, 0.25) is 0 Å². The molecule has 0 spiro atoms. The van der Waals surface area contributed by atoms with Crippen LogP contribution in [0.5, 0.6) is 11.5 Å². The van der Waals surface area contributed by atoms with Crippen LogP contribution in [0.15, 0.2) is 52.0 Å². The average molecular weight is 389 g/mol. The molecule has 1 heterocycles. The zero-order chi connectivity index (χ0) is 16.2. The minimum atomic E-state index is 0.203. The molecule has 2 aromatic rings. The molecule has 0 amide bonds. The van der Waals surface area contributed by atoms with Gasteiger partial charge in [0, 0.05) is 15.7 Å². The summed E-state index contributed by atoms with van der Waals surface area (Å²) in [5.74, 6) is 1.33. The van der Waals surface area contributed by atoms with Crippen molar-refractivity contribution in [3.63, 3.8) is 0 Å². The maximum atomic E-state index is 9.68. The number of nitrogens with zero attached hydrogens (tertiary/aromatic N) is 1. The van der Waals surface area contributed by atoms with Gasteiger partial charge in [0.05, 0.1) is 10.6 Å². The largest absolute Gasteiger partial charge is 0.454 e. The summed E-state index contributed by atoms with van der Waals surface area (Å²) in [6.45, 7) is 0.203. The molecule has 4 nitrogen and oxygen atoms in total. The fourth-order valence-corrected chi connectivity index (χ4v) is 3.31. The molecule has 0 saturated carbocycles. The van der Waals surface area contributed by atoms with Crippen LogP contribution in [0.25, 0.3) is 5.57 Å². The standard InChI is InChI=1S/C17H13BrN2O2S/c1-23-17(20-11-5-3-2-4-6-11)13(9-19)12-7-15-16(8-14(12)18)22-10-21-15/h2-8,20H,10H2,1H3/b17-13+. The van der Waals surface area contributed by atoms with E-state index in [-0.39, 0.29) is 6.79 Å². The van der Waals surface area contributed by atoms with Crippen LogP contribution in [0.1, 0.15) is 5.56 Å².